The molecule has 2 aromatic carbocycles. The van der Waals surface area contributed by atoms with Crippen LogP contribution in [0.3, 0.4) is 0 Å². The van der Waals surface area contributed by atoms with Gasteiger partial charge in [-0.1, -0.05) is 0 Å². The smallest absolute Gasteiger partial charge is 0.335 e. The van der Waals surface area contributed by atoms with E-state index in [4.69, 9.17) is 9.47 Å². The molecule has 2 heterocycles. The van der Waals surface area contributed by atoms with Crippen LogP contribution in [-0.4, -0.2) is 40.0 Å². The molecule has 0 amide bonds. The Labute approximate surface area is 165 Å². The number of aromatic carboxylic acids is 1. The summed E-state index contributed by atoms with van der Waals surface area (Å²) in [4.78, 5) is 28.6. The highest BCUT2D eigenvalue weighted by molar-refractivity contribution is 5.93. The van der Waals surface area contributed by atoms with Gasteiger partial charge in [0.2, 0.25) is 5.75 Å². The minimum atomic E-state index is -1.08. The second kappa shape index (κ2) is 6.97. The van der Waals surface area contributed by atoms with Gasteiger partial charge < -0.3 is 19.7 Å². The van der Waals surface area contributed by atoms with Gasteiger partial charge in [-0.25, -0.2) is 9.78 Å². The Morgan fingerprint density at radius 2 is 1.86 bits per heavy atom. The maximum absolute atomic E-state index is 12.8. The average molecular weight is 394 g/mol. The Bertz CT molecular complexity index is 1220. The third-order valence-electron chi connectivity index (χ3n) is 4.94. The molecular formula is C21H18N2O6. The van der Waals surface area contributed by atoms with Gasteiger partial charge in [0, 0.05) is 6.54 Å². The van der Waals surface area contributed by atoms with Gasteiger partial charge in [-0.15, -0.1) is 0 Å². The molecule has 0 saturated heterocycles. The van der Waals surface area contributed by atoms with Crippen LogP contribution in [-0.2, 0) is 6.54 Å². The highest BCUT2D eigenvalue weighted by atomic mass is 16.5. The van der Waals surface area contributed by atoms with Gasteiger partial charge in [0.05, 0.1) is 30.7 Å². The van der Waals surface area contributed by atoms with Crippen molar-refractivity contribution >= 4 is 28.5 Å². The van der Waals surface area contributed by atoms with Crippen LogP contribution in [0.2, 0.25) is 0 Å². The number of allylic oxidation sites excluding steroid dienone is 1. The average Bonchev–Trinajstić information content (AvgIpc) is 3.11. The Balaban J connectivity index is 1.87. The molecule has 0 bridgehead atoms. The third kappa shape index (κ3) is 3.08. The van der Waals surface area contributed by atoms with E-state index in [0.29, 0.717) is 35.3 Å². The zero-order valence-electron chi connectivity index (χ0n) is 15.8. The molecule has 0 fully saturated rings. The molecule has 29 heavy (non-hydrogen) atoms. The van der Waals surface area contributed by atoms with Gasteiger partial charge in [-0.05, 0) is 54.0 Å². The van der Waals surface area contributed by atoms with E-state index < -0.39 is 5.97 Å². The number of aromatic hydroxyl groups is 1. The summed E-state index contributed by atoms with van der Waals surface area (Å²) >= 11 is 0. The van der Waals surface area contributed by atoms with Gasteiger partial charge in [-0.3, -0.25) is 9.36 Å². The lowest BCUT2D eigenvalue weighted by atomic mass is 10.1. The number of carbonyl (C=O) groups is 1. The van der Waals surface area contributed by atoms with E-state index in [-0.39, 0.29) is 28.4 Å². The number of carboxylic acids is 1. The van der Waals surface area contributed by atoms with Crippen molar-refractivity contribution in [1.82, 2.24) is 9.55 Å². The van der Waals surface area contributed by atoms with Crippen LogP contribution < -0.4 is 15.0 Å². The van der Waals surface area contributed by atoms with E-state index in [2.05, 4.69) is 4.98 Å². The maximum Gasteiger partial charge on any atom is 0.335 e. The number of methoxy groups -OCH3 is 2. The van der Waals surface area contributed by atoms with E-state index >= 15 is 0 Å². The van der Waals surface area contributed by atoms with Crippen molar-refractivity contribution in [3.05, 3.63) is 57.6 Å². The monoisotopic (exact) mass is 394 g/mol. The van der Waals surface area contributed by atoms with Gasteiger partial charge in [0.1, 0.15) is 5.82 Å². The van der Waals surface area contributed by atoms with E-state index in [1.807, 2.05) is 6.08 Å². The summed E-state index contributed by atoms with van der Waals surface area (Å²) in [5.74, 6) is -0.136. The third-order valence-corrected chi connectivity index (χ3v) is 4.94. The first-order valence-corrected chi connectivity index (χ1v) is 8.86. The van der Waals surface area contributed by atoms with E-state index in [1.165, 1.54) is 32.4 Å². The van der Waals surface area contributed by atoms with E-state index in [9.17, 15) is 19.8 Å². The van der Waals surface area contributed by atoms with Gasteiger partial charge in [0.25, 0.3) is 5.56 Å². The van der Waals surface area contributed by atoms with Crippen molar-refractivity contribution in [3.8, 4) is 17.2 Å². The lowest BCUT2D eigenvalue weighted by molar-refractivity contribution is 0.0697. The molecule has 0 atom stereocenters. The van der Waals surface area contributed by atoms with Crippen LogP contribution in [0.5, 0.6) is 17.2 Å². The summed E-state index contributed by atoms with van der Waals surface area (Å²) in [5.41, 5.74) is 1.75. The molecule has 0 radical (unpaired) electrons. The normalized spacial score (nSPS) is 14.2. The molecule has 2 N–H and O–H groups in total. The lowest BCUT2D eigenvalue weighted by Crippen LogP contribution is -2.21. The minimum absolute atomic E-state index is 0.0749. The highest BCUT2D eigenvalue weighted by Gasteiger charge is 2.22. The molecule has 0 unspecified atom stereocenters. The molecule has 8 nitrogen and oxygen atoms in total. The molecule has 0 saturated carbocycles. The first-order valence-electron chi connectivity index (χ1n) is 8.86. The van der Waals surface area contributed by atoms with Crippen molar-refractivity contribution in [1.29, 1.82) is 0 Å². The second-order valence-electron chi connectivity index (χ2n) is 6.62. The number of fused-ring (bicyclic) bond motifs is 2. The second-order valence-corrected chi connectivity index (χ2v) is 6.62. The zero-order chi connectivity index (χ0) is 20.7. The first-order chi connectivity index (χ1) is 13.9. The molecule has 0 aliphatic carbocycles. The van der Waals surface area contributed by atoms with Crippen LogP contribution in [0, 0.1) is 0 Å². The van der Waals surface area contributed by atoms with Crippen LogP contribution in [0.25, 0.3) is 22.6 Å². The van der Waals surface area contributed by atoms with Gasteiger partial charge >= 0.3 is 5.97 Å². The zero-order valence-corrected chi connectivity index (χ0v) is 15.8. The number of hydrogen-bond donors (Lipinski definition) is 2. The summed E-state index contributed by atoms with van der Waals surface area (Å²) in [7, 11) is 2.90. The number of carboxylic acid groups (broad SMARTS) is 1. The number of phenolic OH excluding ortho intramolecular Hbond substituents is 1. The van der Waals surface area contributed by atoms with E-state index in [0.717, 1.165) is 5.57 Å². The standard InChI is InChI=1S/C21H18N2O6/c1-28-16-8-11(9-17(29-2)18(16)24)7-12-5-6-23-19(12)22-15-10-13(21(26)27)3-4-14(15)20(23)25/h3-4,7-10,24H,5-6H2,1-2H3,(H,26,27)/b12-7+. The van der Waals surface area contributed by atoms with Crippen LogP contribution >= 0.6 is 0 Å². The number of hydrogen-bond acceptors (Lipinski definition) is 6. The lowest BCUT2D eigenvalue weighted by Gasteiger charge is -2.10. The predicted octanol–water partition coefficient (Wildman–Crippen LogP) is 2.76. The molecule has 1 aromatic heterocycles. The predicted molar refractivity (Wildman–Crippen MR) is 107 cm³/mol. The number of ether oxygens (including phenoxy) is 2. The van der Waals surface area contributed by atoms with Crippen molar-refractivity contribution < 1.29 is 24.5 Å². The fourth-order valence-corrected chi connectivity index (χ4v) is 3.49. The molecule has 4 rings (SSSR count). The largest absolute Gasteiger partial charge is 0.502 e. The Morgan fingerprint density at radius 1 is 1.17 bits per heavy atom. The summed E-state index contributed by atoms with van der Waals surface area (Å²) in [5, 5.41) is 19.7. The summed E-state index contributed by atoms with van der Waals surface area (Å²) in [6, 6.07) is 7.63. The number of phenols is 1. The van der Waals surface area contributed by atoms with Gasteiger partial charge in [0.15, 0.2) is 11.5 Å². The quantitative estimate of drug-likeness (QED) is 0.700. The van der Waals surface area contributed by atoms with Crippen molar-refractivity contribution in [2.24, 2.45) is 0 Å². The van der Waals surface area contributed by atoms with Crippen LogP contribution in [0.1, 0.15) is 28.2 Å². The fraction of sp³-hybridized carbons (Fsp3) is 0.190. The maximum atomic E-state index is 12.8. The van der Waals surface area contributed by atoms with Crippen molar-refractivity contribution in [2.45, 2.75) is 13.0 Å². The first kappa shape index (κ1) is 18.5. The fourth-order valence-electron chi connectivity index (χ4n) is 3.49. The molecule has 148 valence electrons. The number of benzene rings is 2. The number of aromatic nitrogens is 2. The van der Waals surface area contributed by atoms with Crippen LogP contribution in [0.15, 0.2) is 35.1 Å². The Morgan fingerprint density at radius 3 is 2.48 bits per heavy atom. The minimum Gasteiger partial charge on any atom is -0.502 e. The molecule has 1 aliphatic heterocycles. The number of rotatable bonds is 4. The Hall–Kier alpha value is -3.81. The van der Waals surface area contributed by atoms with E-state index in [1.54, 1.807) is 16.7 Å². The molecular weight excluding hydrogens is 376 g/mol. The van der Waals surface area contributed by atoms with Gasteiger partial charge in [-0.2, -0.15) is 0 Å². The molecule has 1 aliphatic rings. The van der Waals surface area contributed by atoms with Crippen molar-refractivity contribution in [3.63, 3.8) is 0 Å². The Kier molecular flexibility index (Phi) is 4.46. The summed E-state index contributed by atoms with van der Waals surface area (Å²) < 4.78 is 12.0. The van der Waals surface area contributed by atoms with Crippen LogP contribution in [0.4, 0.5) is 0 Å². The summed E-state index contributed by atoms with van der Waals surface area (Å²) in [6.07, 6.45) is 2.44. The number of nitrogens with zero attached hydrogens (tertiary/aromatic N) is 2. The topological polar surface area (TPSA) is 111 Å². The highest BCUT2D eigenvalue weighted by Crippen LogP contribution is 2.38. The SMILES string of the molecule is COc1cc(/C=C2\CCn3c2nc2cc(C(=O)O)ccc2c3=O)cc(OC)c1O. The molecule has 3 aromatic rings. The van der Waals surface area contributed by atoms with Crippen molar-refractivity contribution in [2.75, 3.05) is 14.2 Å². The molecule has 8 heteroatoms. The molecule has 0 spiro atoms. The summed E-state index contributed by atoms with van der Waals surface area (Å²) in [6.45, 7) is 0.482.